The average Bonchev–Trinajstić information content (AvgIpc) is 3.23. The lowest BCUT2D eigenvalue weighted by Gasteiger charge is -2.60. The Morgan fingerprint density at radius 2 is 1.86 bits per heavy atom. The lowest BCUT2D eigenvalue weighted by molar-refractivity contribution is -0.150. The molecule has 4 aliphatic carbocycles. The molecular weight excluding hydrogens is 356 g/mol. The molecule has 1 amide bonds. The molecule has 4 aliphatic rings. The third-order valence-electron chi connectivity index (χ3n) is 6.98. The van der Waals surface area contributed by atoms with E-state index in [0.717, 1.165) is 32.1 Å². The number of carbonyl (C=O) groups excluding carboxylic acids is 2. The minimum Gasteiger partial charge on any atom is -0.465 e. The lowest BCUT2D eigenvalue weighted by atomic mass is 9.46. The van der Waals surface area contributed by atoms with Crippen LogP contribution in [0.15, 0.2) is 36.9 Å². The van der Waals surface area contributed by atoms with Gasteiger partial charge in [0.1, 0.15) is 12.7 Å². The zero-order chi connectivity index (χ0) is 19.4. The van der Waals surface area contributed by atoms with Crippen molar-refractivity contribution in [3.8, 4) is 0 Å². The Morgan fingerprint density at radius 1 is 1.14 bits per heavy atom. The van der Waals surface area contributed by atoms with Crippen molar-refractivity contribution in [2.24, 2.45) is 17.3 Å². The molecule has 0 spiro atoms. The van der Waals surface area contributed by atoms with Gasteiger partial charge in [-0.05, 0) is 74.6 Å². The van der Waals surface area contributed by atoms with Crippen LogP contribution in [0.1, 0.15) is 48.9 Å². The molecule has 4 fully saturated rings. The summed E-state index contributed by atoms with van der Waals surface area (Å²) < 4.78 is 6.74. The van der Waals surface area contributed by atoms with Crippen molar-refractivity contribution in [1.29, 1.82) is 0 Å². The van der Waals surface area contributed by atoms with Crippen molar-refractivity contribution >= 4 is 17.6 Å². The molecular formula is C21H24N4O3. The summed E-state index contributed by atoms with van der Waals surface area (Å²) in [4.78, 5) is 29.2. The molecule has 146 valence electrons. The number of hydrogen-bond acceptors (Lipinski definition) is 5. The quantitative estimate of drug-likeness (QED) is 0.824. The van der Waals surface area contributed by atoms with Gasteiger partial charge in [0.05, 0.1) is 23.6 Å². The van der Waals surface area contributed by atoms with E-state index in [1.54, 1.807) is 30.6 Å². The first-order valence-corrected chi connectivity index (χ1v) is 9.87. The average molecular weight is 380 g/mol. The maximum atomic E-state index is 13.4. The first kappa shape index (κ1) is 17.4. The van der Waals surface area contributed by atoms with E-state index in [4.69, 9.17) is 4.74 Å². The highest BCUT2D eigenvalue weighted by Crippen LogP contribution is 2.64. The summed E-state index contributed by atoms with van der Waals surface area (Å²) in [6.07, 6.45) is 9.53. The third-order valence-corrected chi connectivity index (χ3v) is 6.98. The smallest absolute Gasteiger partial charge is 0.337 e. The summed E-state index contributed by atoms with van der Waals surface area (Å²) in [5, 5.41) is 7.55. The summed E-state index contributed by atoms with van der Waals surface area (Å²) in [6, 6.07) is 6.88. The Balaban J connectivity index is 1.39. The van der Waals surface area contributed by atoms with Gasteiger partial charge in [-0.1, -0.05) is 0 Å². The van der Waals surface area contributed by atoms with Gasteiger partial charge in [-0.3, -0.25) is 4.79 Å². The number of methoxy groups -OCH3 is 1. The van der Waals surface area contributed by atoms with Crippen LogP contribution in [-0.4, -0.2) is 33.8 Å². The monoisotopic (exact) mass is 380 g/mol. The van der Waals surface area contributed by atoms with Gasteiger partial charge in [0.15, 0.2) is 0 Å². The predicted octanol–water partition coefficient (Wildman–Crippen LogP) is 3.00. The number of nitrogens with zero attached hydrogens (tertiary/aromatic N) is 3. The van der Waals surface area contributed by atoms with Crippen molar-refractivity contribution in [2.45, 2.75) is 44.1 Å². The molecule has 28 heavy (non-hydrogen) atoms. The zero-order valence-electron chi connectivity index (χ0n) is 15.9. The molecule has 0 saturated heterocycles. The molecule has 7 nitrogen and oxygen atoms in total. The van der Waals surface area contributed by atoms with Crippen molar-refractivity contribution in [2.75, 3.05) is 12.4 Å². The second kappa shape index (κ2) is 6.15. The fourth-order valence-corrected chi connectivity index (χ4v) is 6.27. The predicted molar refractivity (Wildman–Crippen MR) is 102 cm³/mol. The van der Waals surface area contributed by atoms with Gasteiger partial charge in [-0.15, -0.1) is 0 Å². The lowest BCUT2D eigenvalue weighted by Crippen LogP contribution is -2.60. The highest BCUT2D eigenvalue weighted by atomic mass is 16.5. The largest absolute Gasteiger partial charge is 0.465 e. The van der Waals surface area contributed by atoms with Crippen molar-refractivity contribution < 1.29 is 14.3 Å². The molecule has 1 aromatic carbocycles. The number of ether oxygens (including phenoxy) is 1. The van der Waals surface area contributed by atoms with Gasteiger partial charge < -0.3 is 10.1 Å². The van der Waals surface area contributed by atoms with Crippen LogP contribution in [0, 0.1) is 17.3 Å². The van der Waals surface area contributed by atoms with Gasteiger partial charge in [0.2, 0.25) is 5.91 Å². The van der Waals surface area contributed by atoms with Crippen molar-refractivity contribution in [3.05, 3.63) is 42.5 Å². The molecule has 1 heterocycles. The molecule has 6 rings (SSSR count). The normalized spacial score (nSPS) is 32.9. The molecule has 0 radical (unpaired) electrons. The summed E-state index contributed by atoms with van der Waals surface area (Å²) in [5.74, 6) is 0.849. The summed E-state index contributed by atoms with van der Waals surface area (Å²) in [7, 11) is 1.36. The van der Waals surface area contributed by atoms with Crippen LogP contribution in [0.3, 0.4) is 0 Å². The number of nitrogens with one attached hydrogen (secondary N) is 1. The first-order chi connectivity index (χ1) is 13.5. The molecule has 1 aromatic heterocycles. The summed E-state index contributed by atoms with van der Waals surface area (Å²) >= 11 is 0. The van der Waals surface area contributed by atoms with Gasteiger partial charge in [-0.2, -0.15) is 5.10 Å². The Hall–Kier alpha value is -2.70. The van der Waals surface area contributed by atoms with E-state index in [2.05, 4.69) is 15.4 Å². The molecule has 2 aromatic rings. The maximum absolute atomic E-state index is 13.4. The van der Waals surface area contributed by atoms with Crippen molar-refractivity contribution in [3.63, 3.8) is 0 Å². The van der Waals surface area contributed by atoms with Gasteiger partial charge in [0.25, 0.3) is 0 Å². The van der Waals surface area contributed by atoms with Crippen LogP contribution in [0.4, 0.5) is 5.69 Å². The Morgan fingerprint density at radius 3 is 2.46 bits per heavy atom. The SMILES string of the molecule is COC(=O)c1ccc(NC(=O)C23C[C@H]4C[C@@H](C2)CC(n2cncn2)(C4)C3)cc1. The molecule has 4 atom stereocenters. The highest BCUT2D eigenvalue weighted by molar-refractivity contribution is 5.96. The second-order valence-electron chi connectivity index (χ2n) is 8.83. The fraction of sp³-hybridized carbons (Fsp3) is 0.524. The van der Waals surface area contributed by atoms with Crippen LogP contribution in [-0.2, 0) is 15.1 Å². The summed E-state index contributed by atoms with van der Waals surface area (Å²) in [6.45, 7) is 0. The highest BCUT2D eigenvalue weighted by Gasteiger charge is 2.61. The number of rotatable bonds is 4. The Bertz CT molecular complexity index is 892. The number of aromatic nitrogens is 3. The van der Waals surface area contributed by atoms with Crippen molar-refractivity contribution in [1.82, 2.24) is 14.8 Å². The first-order valence-electron chi connectivity index (χ1n) is 9.87. The van der Waals surface area contributed by atoms with E-state index >= 15 is 0 Å². The standard InChI is InChI=1S/C21H24N4O3/c1-28-18(26)16-2-4-17(5-3-16)24-19(27)20-7-14-6-15(8-20)10-21(9-14,11-20)25-13-22-12-23-25/h2-5,12-15H,6-11H2,1H3,(H,24,27)/t14-,15+,20?,21?. The van der Waals surface area contributed by atoms with E-state index < -0.39 is 0 Å². The topological polar surface area (TPSA) is 86.1 Å². The van der Waals surface area contributed by atoms with Crippen LogP contribution in [0.25, 0.3) is 0 Å². The van der Waals surface area contributed by atoms with Gasteiger partial charge in [-0.25, -0.2) is 14.5 Å². The number of hydrogen-bond donors (Lipinski definition) is 1. The maximum Gasteiger partial charge on any atom is 0.337 e. The molecule has 4 saturated carbocycles. The number of esters is 1. The fourth-order valence-electron chi connectivity index (χ4n) is 6.27. The zero-order valence-corrected chi connectivity index (χ0v) is 15.9. The summed E-state index contributed by atoms with van der Waals surface area (Å²) in [5.41, 5.74) is 0.757. The number of amides is 1. The number of anilines is 1. The van der Waals surface area contributed by atoms with E-state index in [-0.39, 0.29) is 22.8 Å². The number of benzene rings is 1. The van der Waals surface area contributed by atoms with E-state index in [9.17, 15) is 9.59 Å². The Kier molecular flexibility index (Phi) is 3.82. The minimum absolute atomic E-state index is 0.0767. The Labute approximate surface area is 163 Å². The molecule has 7 heteroatoms. The third kappa shape index (κ3) is 2.64. The van der Waals surface area contributed by atoms with Gasteiger partial charge >= 0.3 is 5.97 Å². The van der Waals surface area contributed by atoms with Crippen LogP contribution >= 0.6 is 0 Å². The molecule has 4 bridgehead atoms. The van der Waals surface area contributed by atoms with Gasteiger partial charge in [0, 0.05) is 5.69 Å². The minimum atomic E-state index is -0.381. The van der Waals surface area contributed by atoms with Crippen LogP contribution < -0.4 is 5.32 Å². The van der Waals surface area contributed by atoms with E-state index in [1.807, 2.05) is 11.0 Å². The molecule has 2 unspecified atom stereocenters. The van der Waals surface area contributed by atoms with E-state index in [0.29, 0.717) is 23.1 Å². The molecule has 0 aliphatic heterocycles. The van der Waals surface area contributed by atoms with Crippen LogP contribution in [0.5, 0.6) is 0 Å². The van der Waals surface area contributed by atoms with E-state index in [1.165, 1.54) is 13.5 Å². The number of carbonyl (C=O) groups is 2. The second-order valence-corrected chi connectivity index (χ2v) is 8.83. The van der Waals surface area contributed by atoms with Crippen LogP contribution in [0.2, 0.25) is 0 Å². The molecule has 1 N–H and O–H groups in total.